The largest absolute Gasteiger partial charge is 0.444 e. The molecule has 3 rings (SSSR count). The number of oxazole rings is 1. The molecule has 0 aliphatic heterocycles. The fraction of sp³-hybridized carbons (Fsp3) is 0.375. The Labute approximate surface area is 118 Å². The monoisotopic (exact) mass is 270 g/mol. The molecule has 1 aromatic carbocycles. The molecular weight excluding hydrogens is 252 g/mol. The molecule has 2 aromatic rings. The Bertz CT molecular complexity index is 571. The number of hydrogen-bond acceptors (Lipinski definition) is 3. The van der Waals surface area contributed by atoms with Crippen LogP contribution in [-0.4, -0.2) is 16.9 Å². The Kier molecular flexibility index (Phi) is 3.81. The quantitative estimate of drug-likeness (QED) is 0.929. The van der Waals surface area contributed by atoms with E-state index in [4.69, 9.17) is 4.42 Å². The lowest BCUT2D eigenvalue weighted by Crippen LogP contribution is -2.33. The van der Waals surface area contributed by atoms with Gasteiger partial charge in [-0.15, -0.1) is 0 Å². The van der Waals surface area contributed by atoms with Gasteiger partial charge in [0.2, 0.25) is 11.8 Å². The molecule has 0 radical (unpaired) electrons. The minimum absolute atomic E-state index is 0.0322. The maximum Gasteiger partial charge on any atom is 0.226 e. The normalized spacial score (nSPS) is 15.4. The van der Waals surface area contributed by atoms with E-state index in [1.54, 1.807) is 6.26 Å². The van der Waals surface area contributed by atoms with Gasteiger partial charge in [0, 0.05) is 11.6 Å². The van der Waals surface area contributed by atoms with Crippen molar-refractivity contribution in [1.29, 1.82) is 0 Å². The van der Waals surface area contributed by atoms with Crippen LogP contribution in [0, 0.1) is 0 Å². The van der Waals surface area contributed by atoms with Gasteiger partial charge in [-0.25, -0.2) is 4.98 Å². The van der Waals surface area contributed by atoms with E-state index in [1.807, 2.05) is 30.3 Å². The highest BCUT2D eigenvalue weighted by molar-refractivity contribution is 5.78. The van der Waals surface area contributed by atoms with Crippen LogP contribution in [0.25, 0.3) is 11.5 Å². The Morgan fingerprint density at radius 3 is 2.75 bits per heavy atom. The Morgan fingerprint density at radius 1 is 1.25 bits per heavy atom. The van der Waals surface area contributed by atoms with Gasteiger partial charge in [-0.2, -0.15) is 0 Å². The van der Waals surface area contributed by atoms with Crippen molar-refractivity contribution in [1.82, 2.24) is 10.3 Å². The summed E-state index contributed by atoms with van der Waals surface area (Å²) in [4.78, 5) is 16.3. The van der Waals surface area contributed by atoms with Crippen LogP contribution >= 0.6 is 0 Å². The summed E-state index contributed by atoms with van der Waals surface area (Å²) in [7, 11) is 0. The molecule has 0 atom stereocenters. The van der Waals surface area contributed by atoms with E-state index in [1.165, 1.54) is 12.8 Å². The number of aromatic nitrogens is 1. The molecule has 1 fully saturated rings. The molecule has 1 saturated carbocycles. The SMILES string of the molecule is O=C(Cc1coc(-c2ccccc2)n1)NC1CCCC1. The molecule has 1 aliphatic carbocycles. The molecule has 1 N–H and O–H groups in total. The molecule has 0 spiro atoms. The van der Waals surface area contributed by atoms with Crippen LogP contribution in [-0.2, 0) is 11.2 Å². The zero-order valence-corrected chi connectivity index (χ0v) is 11.3. The smallest absolute Gasteiger partial charge is 0.226 e. The van der Waals surface area contributed by atoms with E-state index in [0.29, 0.717) is 17.6 Å². The van der Waals surface area contributed by atoms with Crippen LogP contribution in [0.5, 0.6) is 0 Å². The number of carbonyl (C=O) groups excluding carboxylic acids is 1. The van der Waals surface area contributed by atoms with Gasteiger partial charge in [-0.05, 0) is 25.0 Å². The third-order valence-electron chi connectivity index (χ3n) is 3.63. The van der Waals surface area contributed by atoms with E-state index in [0.717, 1.165) is 18.4 Å². The van der Waals surface area contributed by atoms with Crippen LogP contribution in [0.15, 0.2) is 41.0 Å². The van der Waals surface area contributed by atoms with Gasteiger partial charge in [0.15, 0.2) is 0 Å². The molecule has 0 unspecified atom stereocenters. The first-order valence-corrected chi connectivity index (χ1v) is 7.10. The van der Waals surface area contributed by atoms with Gasteiger partial charge < -0.3 is 9.73 Å². The van der Waals surface area contributed by atoms with Gasteiger partial charge in [0.05, 0.1) is 12.1 Å². The summed E-state index contributed by atoms with van der Waals surface area (Å²) in [6.45, 7) is 0. The standard InChI is InChI=1S/C16H18N2O2/c19-15(17-13-8-4-5-9-13)10-14-11-20-16(18-14)12-6-2-1-3-7-12/h1-3,6-7,11,13H,4-5,8-10H2,(H,17,19). The topological polar surface area (TPSA) is 55.1 Å². The average Bonchev–Trinajstić information content (AvgIpc) is 3.11. The van der Waals surface area contributed by atoms with Crippen molar-refractivity contribution in [3.8, 4) is 11.5 Å². The van der Waals surface area contributed by atoms with Crippen molar-refractivity contribution in [3.63, 3.8) is 0 Å². The Balaban J connectivity index is 1.61. The second-order valence-corrected chi connectivity index (χ2v) is 5.24. The first-order valence-electron chi connectivity index (χ1n) is 7.10. The zero-order valence-electron chi connectivity index (χ0n) is 11.3. The van der Waals surface area contributed by atoms with Gasteiger partial charge in [-0.3, -0.25) is 4.79 Å². The zero-order chi connectivity index (χ0) is 13.8. The minimum Gasteiger partial charge on any atom is -0.444 e. The van der Waals surface area contributed by atoms with Crippen molar-refractivity contribution in [2.24, 2.45) is 0 Å². The fourth-order valence-corrected chi connectivity index (χ4v) is 2.61. The van der Waals surface area contributed by atoms with Crippen LogP contribution in [0.1, 0.15) is 31.4 Å². The Morgan fingerprint density at radius 2 is 2.00 bits per heavy atom. The van der Waals surface area contributed by atoms with Gasteiger partial charge in [0.1, 0.15) is 6.26 Å². The lowest BCUT2D eigenvalue weighted by atomic mass is 10.2. The van der Waals surface area contributed by atoms with Crippen LogP contribution in [0.4, 0.5) is 0 Å². The van der Waals surface area contributed by atoms with Crippen LogP contribution < -0.4 is 5.32 Å². The summed E-state index contributed by atoms with van der Waals surface area (Å²) in [5.41, 5.74) is 1.61. The highest BCUT2D eigenvalue weighted by Gasteiger charge is 2.18. The van der Waals surface area contributed by atoms with Crippen molar-refractivity contribution in [2.75, 3.05) is 0 Å². The summed E-state index contributed by atoms with van der Waals surface area (Å²) in [6.07, 6.45) is 6.48. The summed E-state index contributed by atoms with van der Waals surface area (Å²) >= 11 is 0. The maximum atomic E-state index is 11.9. The van der Waals surface area contributed by atoms with E-state index in [9.17, 15) is 4.79 Å². The molecule has 0 saturated heterocycles. The van der Waals surface area contributed by atoms with Gasteiger partial charge >= 0.3 is 0 Å². The van der Waals surface area contributed by atoms with Crippen molar-refractivity contribution in [2.45, 2.75) is 38.1 Å². The summed E-state index contributed by atoms with van der Waals surface area (Å²) in [5.74, 6) is 0.596. The first kappa shape index (κ1) is 12.9. The number of nitrogens with one attached hydrogen (secondary N) is 1. The second kappa shape index (κ2) is 5.90. The predicted molar refractivity (Wildman–Crippen MR) is 76.0 cm³/mol. The van der Waals surface area contributed by atoms with E-state index in [2.05, 4.69) is 10.3 Å². The highest BCUT2D eigenvalue weighted by Crippen LogP contribution is 2.19. The molecule has 1 aliphatic rings. The van der Waals surface area contributed by atoms with Crippen LogP contribution in [0.3, 0.4) is 0 Å². The number of amides is 1. The molecule has 1 amide bonds. The number of carbonyl (C=O) groups is 1. The predicted octanol–water partition coefficient (Wildman–Crippen LogP) is 2.94. The summed E-state index contributed by atoms with van der Waals surface area (Å²) < 4.78 is 5.43. The lowest BCUT2D eigenvalue weighted by molar-refractivity contribution is -0.121. The molecule has 0 bridgehead atoms. The third kappa shape index (κ3) is 3.07. The number of hydrogen-bond donors (Lipinski definition) is 1. The number of rotatable bonds is 4. The second-order valence-electron chi connectivity index (χ2n) is 5.24. The molecule has 4 heteroatoms. The van der Waals surface area contributed by atoms with Crippen molar-refractivity contribution >= 4 is 5.91 Å². The summed E-state index contributed by atoms with van der Waals surface area (Å²) in [5, 5.41) is 3.06. The van der Waals surface area contributed by atoms with E-state index < -0.39 is 0 Å². The summed E-state index contributed by atoms with van der Waals surface area (Å²) in [6, 6.07) is 10.0. The third-order valence-corrected chi connectivity index (χ3v) is 3.63. The van der Waals surface area contributed by atoms with Crippen molar-refractivity contribution < 1.29 is 9.21 Å². The number of nitrogens with zero attached hydrogens (tertiary/aromatic N) is 1. The molecule has 1 aromatic heterocycles. The number of benzene rings is 1. The van der Waals surface area contributed by atoms with Crippen LogP contribution in [0.2, 0.25) is 0 Å². The van der Waals surface area contributed by atoms with E-state index >= 15 is 0 Å². The molecule has 1 heterocycles. The average molecular weight is 270 g/mol. The van der Waals surface area contributed by atoms with Crippen molar-refractivity contribution in [3.05, 3.63) is 42.3 Å². The molecule has 104 valence electrons. The van der Waals surface area contributed by atoms with E-state index in [-0.39, 0.29) is 12.3 Å². The first-order chi connectivity index (χ1) is 9.81. The molecule has 4 nitrogen and oxygen atoms in total. The van der Waals surface area contributed by atoms with Gasteiger partial charge in [-0.1, -0.05) is 31.0 Å². The minimum atomic E-state index is 0.0322. The lowest BCUT2D eigenvalue weighted by Gasteiger charge is -2.10. The maximum absolute atomic E-state index is 11.9. The molecule has 20 heavy (non-hydrogen) atoms. The fourth-order valence-electron chi connectivity index (χ4n) is 2.61. The Hall–Kier alpha value is -2.10. The highest BCUT2D eigenvalue weighted by atomic mass is 16.3. The molecular formula is C16H18N2O2. The van der Waals surface area contributed by atoms with Gasteiger partial charge in [0.25, 0.3) is 0 Å².